The summed E-state index contributed by atoms with van der Waals surface area (Å²) in [4.78, 5) is 86.6. The number of Topliss-reactive ketones (excluding diaryl/α,β-unsaturated/α-hetero) is 3. The van der Waals surface area contributed by atoms with E-state index in [0.717, 1.165) is 91.2 Å². The largest absolute Gasteiger partial charge is 1.00 e. The number of H-pyrrole nitrogens is 1. The predicted octanol–water partition coefficient (Wildman–Crippen LogP) is 3.83. The molecule has 3 radical (unpaired) electrons. The number of carbonyl (C=O) groups excluding carboxylic acids is 5. The number of nitrogens with zero attached hydrogens (tertiary/aromatic N) is 11. The van der Waals surface area contributed by atoms with Gasteiger partial charge in [-0.2, -0.15) is 0 Å². The first-order valence-corrected chi connectivity index (χ1v) is 27.7. The molecule has 27 heteroatoms. The molecule has 2 unspecified atom stereocenters. The molecular formula is C59H86BClN12NaO12. The van der Waals surface area contributed by atoms with Gasteiger partial charge in [-0.1, -0.05) is 0 Å². The van der Waals surface area contributed by atoms with Crippen molar-refractivity contribution in [1.82, 2.24) is 58.3 Å². The number of amides is 2. The number of imidazole rings is 5. The number of fused-ring (bicyclic) bond motifs is 2. The van der Waals surface area contributed by atoms with E-state index in [4.69, 9.17) is 36.1 Å². The van der Waals surface area contributed by atoms with Gasteiger partial charge >= 0.3 is 29.6 Å². The number of halogens is 1. The molecule has 0 bridgehead atoms. The number of ether oxygens (including phenoxy) is 2. The second-order valence-electron chi connectivity index (χ2n) is 18.8. The fraction of sp³-hybridized carbons (Fsp3) is 0.458. The summed E-state index contributed by atoms with van der Waals surface area (Å²) in [5.41, 5.74) is 5.87. The summed E-state index contributed by atoms with van der Waals surface area (Å²) >= 11 is 5.15. The fourth-order valence-corrected chi connectivity index (χ4v) is 8.00. The van der Waals surface area contributed by atoms with Crippen molar-refractivity contribution in [2.24, 2.45) is 0 Å². The molecule has 2 atom stereocenters. The molecule has 7 aromatic rings. The van der Waals surface area contributed by atoms with Gasteiger partial charge in [0.25, 0.3) is 11.8 Å². The van der Waals surface area contributed by atoms with Gasteiger partial charge in [0.2, 0.25) is 0 Å². The van der Waals surface area contributed by atoms with Gasteiger partial charge in [0, 0.05) is 135 Å². The number of aliphatic hydroxyl groups is 2. The first kappa shape index (κ1) is 79.2. The van der Waals surface area contributed by atoms with Gasteiger partial charge in [-0.3, -0.25) is 33.6 Å². The fourth-order valence-electron chi connectivity index (χ4n) is 7.83. The molecule has 4 N–H and O–H groups in total. The second-order valence-corrected chi connectivity index (χ2v) is 19.1. The molecule has 0 saturated carbocycles. The molecule has 3 aliphatic rings. The molecule has 10 rings (SSSR count). The van der Waals surface area contributed by atoms with Crippen LogP contribution in [-0.2, 0) is 67.8 Å². The van der Waals surface area contributed by atoms with E-state index in [-0.39, 0.29) is 93.2 Å². The normalized spacial score (nSPS) is 12.7. The number of aromatic nitrogens is 10. The Balaban J connectivity index is 0. The number of benzene rings is 2. The van der Waals surface area contributed by atoms with Crippen molar-refractivity contribution >= 4 is 49.2 Å². The third-order valence-electron chi connectivity index (χ3n) is 12.2. The third kappa shape index (κ3) is 31.5. The minimum atomic E-state index is -0.292. The summed E-state index contributed by atoms with van der Waals surface area (Å²) in [6.45, 7) is 13.3. The molecule has 86 heavy (non-hydrogen) atoms. The van der Waals surface area contributed by atoms with Crippen LogP contribution < -0.4 is 34.3 Å². The second kappa shape index (κ2) is 46.4. The van der Waals surface area contributed by atoms with E-state index in [1.165, 1.54) is 44.7 Å². The van der Waals surface area contributed by atoms with Crippen LogP contribution in [-0.4, -0.2) is 178 Å². The average Bonchev–Trinajstić information content (AvgIpc) is 2.25. The van der Waals surface area contributed by atoms with Gasteiger partial charge < -0.3 is 49.5 Å². The molecule has 0 spiro atoms. The van der Waals surface area contributed by atoms with Crippen molar-refractivity contribution in [3.63, 3.8) is 0 Å². The Morgan fingerprint density at radius 1 is 0.686 bits per heavy atom. The minimum absolute atomic E-state index is 0. The number of aliphatic hydroxyl groups excluding tert-OH is 2. The van der Waals surface area contributed by atoms with Gasteiger partial charge in [-0.05, 0) is 120 Å². The molecule has 24 nitrogen and oxygen atoms in total. The van der Waals surface area contributed by atoms with Crippen molar-refractivity contribution in [2.45, 2.75) is 124 Å². The molecule has 2 amide bonds. The molecular weight excluding hydrogens is 1140 g/mol. The van der Waals surface area contributed by atoms with E-state index in [0.29, 0.717) is 31.7 Å². The standard InChI is InChI=1S/C17H20N2O2.C11H12O2.C7H11N3O2.C6H10N2O.C6H8N2O.C4H8ClNO2.C4H8O.C3H4N2.CH4O.B.Na.H/c1-12(10-19-9-8-18-11-19)21-17-7-6-15-14(13(17)2)4-3-5-16(15)20;1-7-8-3-2-4-11(13)9(8)5-6-10(7)12;1-9(12-2)7(11)5-10-4-3-8-6-10;2*1-6(9)4-8-3-2-7-5-8;1-6(8-2)4(7)3-5;1-2-4-5-3-1;1-2-5-3-4-1;1-2;;;/h6-9,11-12H,3-5,10H2,1-2H3;5-6,12H,2-4H2,1H3;3-4,6H,5H2,1-2H3;2-3,5-6,9H,4H2,1H3;2-3,5H,4H2,1H3;3H2,1-2H3;1-4H2;1-3H,(H,4,5);2H,1H3;;;/q;;;;;;;;;;+1;-1. The van der Waals surface area contributed by atoms with Crippen molar-refractivity contribution in [3.8, 4) is 11.5 Å². The predicted molar refractivity (Wildman–Crippen MR) is 324 cm³/mol. The first-order chi connectivity index (χ1) is 40.4. The van der Waals surface area contributed by atoms with Crippen molar-refractivity contribution < 1.29 is 89.4 Å². The Morgan fingerprint density at radius 2 is 1.15 bits per heavy atom. The van der Waals surface area contributed by atoms with Crippen molar-refractivity contribution in [3.05, 3.63) is 151 Å². The number of alkyl halides is 1. The number of carbonyl (C=O) groups is 5. The summed E-state index contributed by atoms with van der Waals surface area (Å²) in [5.74, 6) is 1.41. The number of aromatic amines is 1. The Bertz CT molecular complexity index is 2860. The smallest absolute Gasteiger partial charge is 1.00 e. The summed E-state index contributed by atoms with van der Waals surface area (Å²) < 4.78 is 18.3. The number of phenolic OH excluding ortho intramolecular Hbond substituents is 1. The summed E-state index contributed by atoms with van der Waals surface area (Å²) in [7, 11) is 6.93. The van der Waals surface area contributed by atoms with E-state index in [9.17, 15) is 29.1 Å². The number of nitrogens with one attached hydrogen (secondary N) is 1. The van der Waals surface area contributed by atoms with Crippen LogP contribution in [0.15, 0.2) is 118 Å². The maximum atomic E-state index is 11.9. The van der Waals surface area contributed by atoms with Crippen molar-refractivity contribution in [2.75, 3.05) is 54.5 Å². The molecule has 6 heterocycles. The molecule has 2 aromatic carbocycles. The Labute approximate surface area is 535 Å². The van der Waals surface area contributed by atoms with Gasteiger partial charge in [0.15, 0.2) is 11.6 Å². The molecule has 2 aliphatic carbocycles. The van der Waals surface area contributed by atoms with Crippen LogP contribution >= 0.6 is 11.6 Å². The number of rotatable bonds is 13. The van der Waals surface area contributed by atoms with Gasteiger partial charge in [-0.15, -0.1) is 11.6 Å². The quantitative estimate of drug-likeness (QED) is 0.0725. The third-order valence-corrected chi connectivity index (χ3v) is 12.4. The van der Waals surface area contributed by atoms with Gasteiger partial charge in [-0.25, -0.2) is 35.0 Å². The van der Waals surface area contributed by atoms with Gasteiger partial charge in [0.1, 0.15) is 35.8 Å². The summed E-state index contributed by atoms with van der Waals surface area (Å²) in [6, 6.07) is 7.20. The van der Waals surface area contributed by atoms with Crippen molar-refractivity contribution in [1.29, 1.82) is 0 Å². The van der Waals surface area contributed by atoms with Gasteiger partial charge in [0.05, 0.1) is 65.0 Å². The average molecular weight is 1220 g/mol. The maximum Gasteiger partial charge on any atom is 1.00 e. The summed E-state index contributed by atoms with van der Waals surface area (Å²) in [6.07, 6.45) is 33.1. The Hall–Kier alpha value is -6.81. The number of aromatic hydroxyl groups is 1. The van der Waals surface area contributed by atoms with E-state index in [1.807, 2.05) is 47.5 Å². The molecule has 1 aliphatic heterocycles. The van der Waals surface area contributed by atoms with Crippen LogP contribution in [0.25, 0.3) is 0 Å². The van der Waals surface area contributed by atoms with Crippen LogP contribution in [0.2, 0.25) is 0 Å². The van der Waals surface area contributed by atoms with E-state index in [2.05, 4.69) is 41.7 Å². The van der Waals surface area contributed by atoms with E-state index < -0.39 is 0 Å². The number of hydroxylamine groups is 4. The first-order valence-electron chi connectivity index (χ1n) is 27.2. The number of phenols is 1. The van der Waals surface area contributed by atoms with Crippen LogP contribution in [0.5, 0.6) is 11.5 Å². The summed E-state index contributed by atoms with van der Waals surface area (Å²) in [5, 5.41) is 27.6. The zero-order chi connectivity index (χ0) is 62.2. The monoisotopic (exact) mass is 1220 g/mol. The SMILES string of the molecule is C1CCOC1.CC(=O)Cn1ccnc1.CC(O)Cn1ccnc1.CO.CON(C)C(=O)CCl.CON(C)C(=O)Cn1ccnc1.Cc1c(O)ccc2c1CCCC2=O.Cc1c(OC(C)Cn2ccnc2)ccc2c1CCCC2=O.[B].[H-].[Na+].c1c[nH]cn1. The van der Waals surface area contributed by atoms with Crippen LogP contribution in [0.3, 0.4) is 0 Å². The zero-order valence-corrected chi connectivity index (χ0v) is 54.4. The molecule has 465 valence electrons. The topological polar surface area (TPSA) is 289 Å². The Morgan fingerprint density at radius 3 is 1.53 bits per heavy atom. The number of likely N-dealkylation sites (N-methyl/N-ethyl adjacent to an activating group) is 1. The van der Waals surface area contributed by atoms with E-state index in [1.54, 1.807) is 123 Å². The zero-order valence-electron chi connectivity index (χ0n) is 52.6. The number of ketones is 3. The number of hydrogen-bond acceptors (Lipinski definition) is 17. The van der Waals surface area contributed by atoms with E-state index >= 15 is 0 Å². The molecule has 5 aromatic heterocycles. The van der Waals surface area contributed by atoms with Crippen LogP contribution in [0, 0.1) is 13.8 Å². The van der Waals surface area contributed by atoms with Crippen LogP contribution in [0.1, 0.15) is 104 Å². The Kier molecular flexibility index (Phi) is 42.7. The van der Waals surface area contributed by atoms with Crippen LogP contribution in [0.4, 0.5) is 0 Å². The maximum absolute atomic E-state index is 11.9. The minimum Gasteiger partial charge on any atom is -1.00 e. The number of hydrogen-bond donors (Lipinski definition) is 4. The molecule has 1 fully saturated rings. The molecule has 1 saturated heterocycles.